The average Bonchev–Trinajstić information content (AvgIpc) is 2.07. The van der Waals surface area contributed by atoms with E-state index < -0.39 is 16.3 Å². The average molecular weight is 238 g/mol. The second-order valence-electron chi connectivity index (χ2n) is 2.15. The molecule has 0 saturated carbocycles. The lowest BCUT2D eigenvalue weighted by atomic mass is 10.3. The second kappa shape index (κ2) is 4.36. The first-order chi connectivity index (χ1) is 6.52. The third-order valence-electron chi connectivity index (χ3n) is 1.30. The Bertz CT molecular complexity index is 396. The predicted octanol–water partition coefficient (Wildman–Crippen LogP) is 1.76. The van der Waals surface area contributed by atoms with Gasteiger partial charge in [-0.3, -0.25) is 14.7 Å². The van der Waals surface area contributed by atoms with Gasteiger partial charge in [0.15, 0.2) is 10.8 Å². The summed E-state index contributed by atoms with van der Waals surface area (Å²) in [4.78, 5) is 9.67. The standard InChI is InChI=1S/C6H4ClNO5S/c7-6-4(8(9)10)2-1-3-5(6)13-14(11)12/h1-3H,(H,11,12). The highest BCUT2D eigenvalue weighted by Gasteiger charge is 2.17. The van der Waals surface area contributed by atoms with Crippen molar-refractivity contribution in [2.75, 3.05) is 0 Å². The summed E-state index contributed by atoms with van der Waals surface area (Å²) in [5.41, 5.74) is -0.380. The van der Waals surface area contributed by atoms with Crippen LogP contribution < -0.4 is 4.18 Å². The number of nitro groups is 1. The van der Waals surface area contributed by atoms with Gasteiger partial charge in [-0.2, -0.15) is 4.21 Å². The van der Waals surface area contributed by atoms with E-state index in [9.17, 15) is 14.3 Å². The molecule has 76 valence electrons. The molecule has 0 aliphatic carbocycles. The van der Waals surface area contributed by atoms with Gasteiger partial charge in [-0.15, -0.1) is 0 Å². The SMILES string of the molecule is O=[N+]([O-])c1cccc(OS(=O)O)c1Cl. The summed E-state index contributed by atoms with van der Waals surface area (Å²) in [6, 6.07) is 3.71. The van der Waals surface area contributed by atoms with Crippen LogP contribution in [0.4, 0.5) is 5.69 Å². The largest absolute Gasteiger partial charge is 0.378 e. The Morgan fingerprint density at radius 1 is 1.57 bits per heavy atom. The summed E-state index contributed by atoms with van der Waals surface area (Å²) >= 11 is 2.98. The van der Waals surface area contributed by atoms with Gasteiger partial charge in [0.2, 0.25) is 0 Å². The third kappa shape index (κ3) is 2.41. The van der Waals surface area contributed by atoms with Crippen molar-refractivity contribution in [2.24, 2.45) is 0 Å². The van der Waals surface area contributed by atoms with Crippen LogP contribution in [-0.4, -0.2) is 13.7 Å². The molecule has 1 aromatic carbocycles. The van der Waals surface area contributed by atoms with E-state index in [0.29, 0.717) is 0 Å². The molecule has 0 aliphatic heterocycles. The van der Waals surface area contributed by atoms with E-state index in [1.54, 1.807) is 0 Å². The quantitative estimate of drug-likeness (QED) is 0.491. The molecule has 0 spiro atoms. The van der Waals surface area contributed by atoms with Gasteiger partial charge >= 0.3 is 11.4 Å². The molecule has 1 unspecified atom stereocenters. The number of nitro benzene ring substituents is 1. The first kappa shape index (κ1) is 10.9. The second-order valence-corrected chi connectivity index (χ2v) is 3.13. The molecule has 0 bridgehead atoms. The maximum atomic E-state index is 10.4. The summed E-state index contributed by atoms with van der Waals surface area (Å²) in [5.74, 6) is -0.207. The van der Waals surface area contributed by atoms with E-state index in [-0.39, 0.29) is 16.5 Å². The summed E-state index contributed by atoms with van der Waals surface area (Å²) in [6.45, 7) is 0. The van der Waals surface area contributed by atoms with Crippen LogP contribution in [0.1, 0.15) is 0 Å². The Morgan fingerprint density at radius 2 is 2.21 bits per heavy atom. The fourth-order valence-corrected chi connectivity index (χ4v) is 1.35. The summed E-state index contributed by atoms with van der Waals surface area (Å²) in [7, 11) is 0. The Morgan fingerprint density at radius 3 is 2.71 bits per heavy atom. The molecular formula is C6H4ClNO5S. The van der Waals surface area contributed by atoms with E-state index in [2.05, 4.69) is 4.18 Å². The monoisotopic (exact) mass is 237 g/mol. The highest BCUT2D eigenvalue weighted by atomic mass is 35.5. The zero-order chi connectivity index (χ0) is 10.7. The lowest BCUT2D eigenvalue weighted by Gasteiger charge is -2.01. The zero-order valence-electron chi connectivity index (χ0n) is 6.55. The lowest BCUT2D eigenvalue weighted by Crippen LogP contribution is -1.99. The van der Waals surface area contributed by atoms with Crippen LogP contribution in [0.25, 0.3) is 0 Å². The first-order valence-corrected chi connectivity index (χ1v) is 4.65. The van der Waals surface area contributed by atoms with E-state index >= 15 is 0 Å². The molecule has 6 nitrogen and oxygen atoms in total. The number of benzene rings is 1. The van der Waals surface area contributed by atoms with Gasteiger partial charge in [-0.05, 0) is 6.07 Å². The van der Waals surface area contributed by atoms with E-state index in [4.69, 9.17) is 16.2 Å². The summed E-state index contributed by atoms with van der Waals surface area (Å²) in [6.07, 6.45) is 0. The molecule has 1 N–H and O–H groups in total. The van der Waals surface area contributed by atoms with Gasteiger partial charge in [0.1, 0.15) is 0 Å². The van der Waals surface area contributed by atoms with Crippen LogP contribution in [0.2, 0.25) is 5.02 Å². The van der Waals surface area contributed by atoms with Crippen LogP contribution in [-0.2, 0) is 11.4 Å². The molecule has 14 heavy (non-hydrogen) atoms. The van der Waals surface area contributed by atoms with Crippen molar-refractivity contribution in [3.63, 3.8) is 0 Å². The predicted molar refractivity (Wildman–Crippen MR) is 49.5 cm³/mol. The van der Waals surface area contributed by atoms with Crippen molar-refractivity contribution in [1.29, 1.82) is 0 Å². The summed E-state index contributed by atoms with van der Waals surface area (Å²) in [5, 5.41) is 10.1. The Kier molecular flexibility index (Phi) is 3.39. The highest BCUT2D eigenvalue weighted by Crippen LogP contribution is 2.33. The minimum atomic E-state index is -2.56. The third-order valence-corrected chi connectivity index (χ3v) is 2.00. The van der Waals surface area contributed by atoms with Crippen LogP contribution in [0, 0.1) is 10.1 Å². The fraction of sp³-hybridized carbons (Fsp3) is 0. The molecule has 1 aromatic rings. The van der Waals surface area contributed by atoms with Crippen LogP contribution in [0.3, 0.4) is 0 Å². The van der Waals surface area contributed by atoms with Crippen molar-refractivity contribution in [2.45, 2.75) is 0 Å². The minimum Gasteiger partial charge on any atom is -0.378 e. The van der Waals surface area contributed by atoms with Crippen LogP contribution in [0.5, 0.6) is 5.75 Å². The number of hydrogen-bond acceptors (Lipinski definition) is 4. The van der Waals surface area contributed by atoms with E-state index in [1.807, 2.05) is 0 Å². The smallest absolute Gasteiger partial charge is 0.357 e. The van der Waals surface area contributed by atoms with Crippen molar-refractivity contribution < 1.29 is 17.9 Å². The zero-order valence-corrected chi connectivity index (χ0v) is 8.12. The number of hydrogen-bond donors (Lipinski definition) is 1. The van der Waals surface area contributed by atoms with Gasteiger partial charge in [0.05, 0.1) is 4.92 Å². The molecule has 0 aromatic heterocycles. The van der Waals surface area contributed by atoms with Crippen molar-refractivity contribution in [3.8, 4) is 5.75 Å². The topological polar surface area (TPSA) is 89.7 Å². The first-order valence-electron chi connectivity index (χ1n) is 3.24. The number of rotatable bonds is 3. The van der Waals surface area contributed by atoms with Gasteiger partial charge in [0.25, 0.3) is 5.69 Å². The highest BCUT2D eigenvalue weighted by molar-refractivity contribution is 7.74. The molecule has 0 saturated heterocycles. The van der Waals surface area contributed by atoms with Crippen LogP contribution >= 0.6 is 11.6 Å². The molecule has 0 fully saturated rings. The van der Waals surface area contributed by atoms with Gasteiger partial charge in [-0.25, -0.2) is 0 Å². The number of nitrogens with zero attached hydrogens (tertiary/aromatic N) is 1. The normalized spacial score (nSPS) is 12.1. The van der Waals surface area contributed by atoms with Crippen molar-refractivity contribution in [3.05, 3.63) is 33.3 Å². The molecule has 0 heterocycles. The molecule has 8 heteroatoms. The Hall–Kier alpha value is -1.18. The van der Waals surface area contributed by atoms with Gasteiger partial charge in [-0.1, -0.05) is 17.7 Å². The van der Waals surface area contributed by atoms with Crippen molar-refractivity contribution in [1.82, 2.24) is 0 Å². The minimum absolute atomic E-state index is 0.207. The lowest BCUT2D eigenvalue weighted by molar-refractivity contribution is -0.384. The Balaban J connectivity index is 3.13. The van der Waals surface area contributed by atoms with Crippen molar-refractivity contribution >= 4 is 28.6 Å². The van der Waals surface area contributed by atoms with E-state index in [1.165, 1.54) is 12.1 Å². The maximum Gasteiger partial charge on any atom is 0.357 e. The molecule has 0 aliphatic rings. The summed E-state index contributed by atoms with van der Waals surface area (Å²) < 4.78 is 23.0. The van der Waals surface area contributed by atoms with Crippen LogP contribution in [0.15, 0.2) is 18.2 Å². The van der Waals surface area contributed by atoms with Gasteiger partial charge in [0, 0.05) is 6.07 Å². The maximum absolute atomic E-state index is 10.4. The Labute approximate surface area is 86.1 Å². The van der Waals surface area contributed by atoms with Gasteiger partial charge < -0.3 is 4.18 Å². The molecule has 1 atom stereocenters. The molecule has 1 rings (SSSR count). The molecule has 0 amide bonds. The molecular weight excluding hydrogens is 234 g/mol. The number of halogens is 1. The fourth-order valence-electron chi connectivity index (χ4n) is 0.781. The molecule has 0 radical (unpaired) electrons. The van der Waals surface area contributed by atoms with E-state index in [0.717, 1.165) is 6.07 Å².